The minimum atomic E-state index is -0.178. The molecule has 2 N–H and O–H groups in total. The molecule has 0 atom stereocenters. The summed E-state index contributed by atoms with van der Waals surface area (Å²) in [6.45, 7) is 2.19. The van der Waals surface area contributed by atoms with Gasteiger partial charge in [0, 0.05) is 6.20 Å². The normalized spacial score (nSPS) is 19.0. The van der Waals surface area contributed by atoms with Gasteiger partial charge in [-0.1, -0.05) is 19.3 Å². The minimum Gasteiger partial charge on any atom is -0.394 e. The van der Waals surface area contributed by atoms with Gasteiger partial charge >= 0.3 is 0 Å². The molecule has 94 valence electrons. The molecular weight excluding hydrogens is 280 g/mol. The maximum atomic E-state index is 9.64. The van der Waals surface area contributed by atoms with E-state index < -0.39 is 0 Å². The molecule has 0 bridgehead atoms. The van der Waals surface area contributed by atoms with Crippen molar-refractivity contribution in [2.75, 3.05) is 11.9 Å². The van der Waals surface area contributed by atoms with Gasteiger partial charge in [0.25, 0.3) is 0 Å². The molecule has 2 rings (SSSR count). The summed E-state index contributed by atoms with van der Waals surface area (Å²) in [4.78, 5) is 4.40. The molecule has 0 unspecified atom stereocenters. The van der Waals surface area contributed by atoms with E-state index >= 15 is 0 Å². The Morgan fingerprint density at radius 3 is 2.71 bits per heavy atom. The van der Waals surface area contributed by atoms with Crippen LogP contribution < -0.4 is 5.32 Å². The maximum absolute atomic E-state index is 9.64. The second-order valence-electron chi connectivity index (χ2n) is 4.97. The number of halogens is 1. The van der Waals surface area contributed by atoms with Crippen molar-refractivity contribution in [2.45, 2.75) is 44.6 Å². The van der Waals surface area contributed by atoms with E-state index in [1.807, 2.05) is 19.2 Å². The lowest BCUT2D eigenvalue weighted by Gasteiger charge is -2.37. The highest BCUT2D eigenvalue weighted by molar-refractivity contribution is 9.10. The van der Waals surface area contributed by atoms with E-state index in [-0.39, 0.29) is 12.1 Å². The SMILES string of the molecule is Cc1cnc(NC2(CO)CCCCC2)c(Br)c1. The lowest BCUT2D eigenvalue weighted by atomic mass is 9.82. The molecule has 1 aromatic rings. The van der Waals surface area contributed by atoms with Crippen LogP contribution in [0.5, 0.6) is 0 Å². The first-order chi connectivity index (χ1) is 8.15. The van der Waals surface area contributed by atoms with E-state index in [2.05, 4.69) is 26.2 Å². The van der Waals surface area contributed by atoms with Crippen molar-refractivity contribution in [3.63, 3.8) is 0 Å². The number of aromatic nitrogens is 1. The summed E-state index contributed by atoms with van der Waals surface area (Å²) in [6, 6.07) is 2.04. The number of nitrogens with zero attached hydrogens (tertiary/aromatic N) is 1. The fourth-order valence-corrected chi connectivity index (χ4v) is 2.99. The van der Waals surface area contributed by atoms with Gasteiger partial charge < -0.3 is 10.4 Å². The van der Waals surface area contributed by atoms with Crippen LogP contribution in [0.3, 0.4) is 0 Å². The van der Waals surface area contributed by atoms with Crippen molar-refractivity contribution in [3.05, 3.63) is 22.3 Å². The van der Waals surface area contributed by atoms with E-state index in [1.54, 1.807) is 0 Å². The van der Waals surface area contributed by atoms with E-state index in [0.717, 1.165) is 28.7 Å². The van der Waals surface area contributed by atoms with Crippen LogP contribution in [0.15, 0.2) is 16.7 Å². The fraction of sp³-hybridized carbons (Fsp3) is 0.615. The van der Waals surface area contributed by atoms with Crippen molar-refractivity contribution in [2.24, 2.45) is 0 Å². The van der Waals surface area contributed by atoms with E-state index in [9.17, 15) is 5.11 Å². The van der Waals surface area contributed by atoms with Crippen LogP contribution in [-0.2, 0) is 0 Å². The van der Waals surface area contributed by atoms with Gasteiger partial charge in [-0.25, -0.2) is 4.98 Å². The Kier molecular flexibility index (Phi) is 4.05. The first kappa shape index (κ1) is 12.8. The van der Waals surface area contributed by atoms with Crippen molar-refractivity contribution in [3.8, 4) is 0 Å². The highest BCUT2D eigenvalue weighted by Gasteiger charge is 2.31. The zero-order chi connectivity index (χ0) is 12.3. The standard InChI is InChI=1S/C13H19BrN2O/c1-10-7-11(14)12(15-8-10)16-13(9-17)5-3-2-4-6-13/h7-8,17H,2-6,9H2,1H3,(H,15,16). The molecule has 1 aliphatic rings. The third-order valence-electron chi connectivity index (χ3n) is 3.47. The van der Waals surface area contributed by atoms with Crippen molar-refractivity contribution >= 4 is 21.7 Å². The van der Waals surface area contributed by atoms with Crippen molar-refractivity contribution < 1.29 is 5.11 Å². The molecule has 1 saturated carbocycles. The molecule has 17 heavy (non-hydrogen) atoms. The van der Waals surface area contributed by atoms with Gasteiger partial charge in [-0.15, -0.1) is 0 Å². The molecule has 0 aromatic carbocycles. The lowest BCUT2D eigenvalue weighted by Crippen LogP contribution is -2.44. The van der Waals surface area contributed by atoms with Crippen LogP contribution in [0, 0.1) is 6.92 Å². The zero-order valence-corrected chi connectivity index (χ0v) is 11.8. The predicted octanol–water partition coefficient (Wildman–Crippen LogP) is 3.26. The van der Waals surface area contributed by atoms with Gasteiger partial charge in [0.15, 0.2) is 0 Å². The number of nitrogens with one attached hydrogen (secondary N) is 1. The second-order valence-corrected chi connectivity index (χ2v) is 5.82. The van der Waals surface area contributed by atoms with Gasteiger partial charge in [-0.05, 0) is 47.3 Å². The molecule has 1 fully saturated rings. The van der Waals surface area contributed by atoms with Crippen LogP contribution in [0.4, 0.5) is 5.82 Å². The molecule has 0 aliphatic heterocycles. The molecule has 4 heteroatoms. The molecule has 1 aromatic heterocycles. The molecule has 1 aliphatic carbocycles. The summed E-state index contributed by atoms with van der Waals surface area (Å²) in [7, 11) is 0. The third-order valence-corrected chi connectivity index (χ3v) is 4.08. The van der Waals surface area contributed by atoms with Crippen LogP contribution in [0.25, 0.3) is 0 Å². The van der Waals surface area contributed by atoms with Crippen molar-refractivity contribution in [1.29, 1.82) is 0 Å². The number of hydrogen-bond donors (Lipinski definition) is 2. The number of anilines is 1. The summed E-state index contributed by atoms with van der Waals surface area (Å²) in [6.07, 6.45) is 7.51. The Bertz CT molecular complexity index is 389. The van der Waals surface area contributed by atoms with Gasteiger partial charge in [0.1, 0.15) is 5.82 Å². The smallest absolute Gasteiger partial charge is 0.140 e. The van der Waals surface area contributed by atoms with Crippen LogP contribution in [-0.4, -0.2) is 22.2 Å². The summed E-state index contributed by atoms with van der Waals surface area (Å²) in [5.41, 5.74) is 0.951. The Labute approximate surface area is 111 Å². The molecular formula is C13H19BrN2O. The largest absolute Gasteiger partial charge is 0.394 e. The Morgan fingerprint density at radius 1 is 1.41 bits per heavy atom. The minimum absolute atomic E-state index is 0.176. The zero-order valence-electron chi connectivity index (χ0n) is 10.2. The third kappa shape index (κ3) is 2.99. The van der Waals surface area contributed by atoms with Crippen LogP contribution >= 0.6 is 15.9 Å². The van der Waals surface area contributed by atoms with Gasteiger partial charge in [0.05, 0.1) is 16.6 Å². The second kappa shape index (κ2) is 5.36. The average Bonchev–Trinajstić information content (AvgIpc) is 2.34. The van der Waals surface area contributed by atoms with Crippen molar-refractivity contribution in [1.82, 2.24) is 4.98 Å². The number of aryl methyl sites for hydroxylation is 1. The van der Waals surface area contributed by atoms with Gasteiger partial charge in [-0.2, -0.15) is 0 Å². The van der Waals surface area contributed by atoms with Crippen LogP contribution in [0.2, 0.25) is 0 Å². The summed E-state index contributed by atoms with van der Waals surface area (Å²) in [5, 5.41) is 13.1. The van der Waals surface area contributed by atoms with Gasteiger partial charge in [-0.3, -0.25) is 0 Å². The molecule has 0 saturated heterocycles. The summed E-state index contributed by atoms with van der Waals surface area (Å²) in [5.74, 6) is 0.839. The Morgan fingerprint density at radius 2 is 2.12 bits per heavy atom. The average molecular weight is 299 g/mol. The first-order valence-corrected chi connectivity index (χ1v) is 6.96. The molecule has 0 radical (unpaired) electrons. The summed E-state index contributed by atoms with van der Waals surface area (Å²) >= 11 is 3.52. The predicted molar refractivity (Wildman–Crippen MR) is 73.2 cm³/mol. The molecule has 0 spiro atoms. The highest BCUT2D eigenvalue weighted by Crippen LogP contribution is 2.33. The fourth-order valence-electron chi connectivity index (χ4n) is 2.43. The van der Waals surface area contributed by atoms with E-state index in [4.69, 9.17) is 0 Å². The van der Waals surface area contributed by atoms with E-state index in [0.29, 0.717) is 0 Å². The number of pyridine rings is 1. The number of hydrogen-bond acceptors (Lipinski definition) is 3. The Hall–Kier alpha value is -0.610. The quantitative estimate of drug-likeness (QED) is 0.900. The molecule has 3 nitrogen and oxygen atoms in total. The topological polar surface area (TPSA) is 45.2 Å². The highest BCUT2D eigenvalue weighted by atomic mass is 79.9. The van der Waals surface area contributed by atoms with Crippen LogP contribution in [0.1, 0.15) is 37.7 Å². The number of aliphatic hydroxyl groups is 1. The maximum Gasteiger partial charge on any atom is 0.140 e. The first-order valence-electron chi connectivity index (χ1n) is 6.16. The van der Waals surface area contributed by atoms with E-state index in [1.165, 1.54) is 19.3 Å². The Balaban J connectivity index is 2.17. The number of aliphatic hydroxyl groups excluding tert-OH is 1. The molecule has 1 heterocycles. The lowest BCUT2D eigenvalue weighted by molar-refractivity contribution is 0.172. The van der Waals surface area contributed by atoms with Gasteiger partial charge in [0.2, 0.25) is 0 Å². The summed E-state index contributed by atoms with van der Waals surface area (Å²) < 4.78 is 0.968. The monoisotopic (exact) mass is 298 g/mol. The number of rotatable bonds is 3. The molecule has 0 amide bonds.